The second-order valence-corrected chi connectivity index (χ2v) is 9.25. The molecule has 0 bridgehead atoms. The molecule has 5 heteroatoms. The number of carbonyl (C=O) groups excluding carboxylic acids is 2. The number of Topliss-reactive ketones (excluding diaryl/α,β-unsaturated/α-hetero) is 1. The molecule has 0 unspecified atom stereocenters. The van der Waals surface area contributed by atoms with Gasteiger partial charge in [0.1, 0.15) is 12.3 Å². The second-order valence-electron chi connectivity index (χ2n) is 9.25. The van der Waals surface area contributed by atoms with Crippen LogP contribution in [0, 0.1) is 0 Å². The second kappa shape index (κ2) is 14.4. The lowest BCUT2D eigenvalue weighted by Crippen LogP contribution is -2.33. The number of unbranched alkanes of at least 4 members (excludes halogenated alkanes) is 6. The molecule has 0 aliphatic heterocycles. The van der Waals surface area contributed by atoms with Crippen molar-refractivity contribution in [3.8, 4) is 5.75 Å². The van der Waals surface area contributed by atoms with E-state index in [0.29, 0.717) is 12.0 Å². The number of carboxylic acids is 1. The summed E-state index contributed by atoms with van der Waals surface area (Å²) in [5, 5.41) is 20.2. The summed E-state index contributed by atoms with van der Waals surface area (Å²) in [5.41, 5.74) is 1.39. The van der Waals surface area contributed by atoms with Crippen molar-refractivity contribution >= 4 is 11.8 Å². The molecular formula is C27H39NO4. The van der Waals surface area contributed by atoms with E-state index in [4.69, 9.17) is 0 Å². The SMILES string of the molecule is CCCCCCCCCC(=O)c1ccc(O)c(C(=O)[O-])c1.C[N+](C)(C)Cc1ccccc1. The smallest absolute Gasteiger partial charge is 0.162 e. The highest BCUT2D eigenvalue weighted by Gasteiger charge is 2.10. The molecule has 2 aromatic carbocycles. The molecule has 176 valence electrons. The van der Waals surface area contributed by atoms with Gasteiger partial charge in [0.15, 0.2) is 5.78 Å². The summed E-state index contributed by atoms with van der Waals surface area (Å²) in [4.78, 5) is 22.8. The molecule has 0 saturated heterocycles. The minimum Gasteiger partial charge on any atom is -0.545 e. The van der Waals surface area contributed by atoms with Crippen LogP contribution in [0.1, 0.15) is 84.6 Å². The van der Waals surface area contributed by atoms with Crippen LogP contribution in [-0.2, 0) is 6.54 Å². The van der Waals surface area contributed by atoms with Gasteiger partial charge in [-0.1, -0.05) is 75.8 Å². The monoisotopic (exact) mass is 441 g/mol. The summed E-state index contributed by atoms with van der Waals surface area (Å²) in [6.45, 7) is 3.28. The van der Waals surface area contributed by atoms with Gasteiger partial charge in [0.05, 0.1) is 27.1 Å². The van der Waals surface area contributed by atoms with Gasteiger partial charge >= 0.3 is 0 Å². The van der Waals surface area contributed by atoms with Crippen LogP contribution in [-0.4, -0.2) is 42.5 Å². The molecule has 2 aromatic rings. The number of rotatable bonds is 12. The first-order valence-electron chi connectivity index (χ1n) is 11.6. The first-order chi connectivity index (χ1) is 15.1. The van der Waals surface area contributed by atoms with Crippen LogP contribution in [0.3, 0.4) is 0 Å². The fraction of sp³-hybridized carbons (Fsp3) is 0.481. The maximum absolute atomic E-state index is 12.0. The zero-order valence-electron chi connectivity index (χ0n) is 20.1. The molecule has 0 radical (unpaired) electrons. The number of carbonyl (C=O) groups is 2. The predicted octanol–water partition coefficient (Wildman–Crippen LogP) is 4.97. The first-order valence-corrected chi connectivity index (χ1v) is 11.6. The third-order valence-corrected chi connectivity index (χ3v) is 5.05. The van der Waals surface area contributed by atoms with Crippen LogP contribution < -0.4 is 5.11 Å². The molecule has 0 atom stereocenters. The molecule has 0 fully saturated rings. The number of phenols is 1. The number of carboxylic acid groups (broad SMARTS) is 1. The van der Waals surface area contributed by atoms with Gasteiger partial charge in [-0.2, -0.15) is 0 Å². The van der Waals surface area contributed by atoms with E-state index in [1.54, 1.807) is 0 Å². The van der Waals surface area contributed by atoms with Gasteiger partial charge in [0.2, 0.25) is 0 Å². The summed E-state index contributed by atoms with van der Waals surface area (Å²) in [7, 11) is 6.60. The molecule has 0 aliphatic rings. The van der Waals surface area contributed by atoms with Gasteiger partial charge in [-0.3, -0.25) is 4.79 Å². The van der Waals surface area contributed by atoms with Crippen molar-refractivity contribution in [2.75, 3.05) is 21.1 Å². The van der Waals surface area contributed by atoms with Crippen molar-refractivity contribution in [3.05, 3.63) is 65.2 Å². The minimum absolute atomic E-state index is 0.0916. The number of benzene rings is 2. The molecular weight excluding hydrogens is 402 g/mol. The summed E-state index contributed by atoms with van der Waals surface area (Å²) >= 11 is 0. The molecule has 32 heavy (non-hydrogen) atoms. The fourth-order valence-electron chi connectivity index (χ4n) is 3.39. The minimum atomic E-state index is -1.47. The molecule has 0 amide bonds. The Morgan fingerprint density at radius 1 is 0.875 bits per heavy atom. The Balaban J connectivity index is 0.000000389. The highest BCUT2D eigenvalue weighted by molar-refractivity contribution is 5.99. The highest BCUT2D eigenvalue weighted by atomic mass is 16.4. The van der Waals surface area contributed by atoms with Crippen LogP contribution in [0.4, 0.5) is 0 Å². The number of ketones is 1. The zero-order chi connectivity index (χ0) is 24.0. The maximum Gasteiger partial charge on any atom is 0.162 e. The van der Waals surface area contributed by atoms with Gasteiger partial charge in [-0.15, -0.1) is 0 Å². The zero-order valence-corrected chi connectivity index (χ0v) is 20.1. The number of aromatic hydroxyl groups is 1. The van der Waals surface area contributed by atoms with E-state index >= 15 is 0 Å². The van der Waals surface area contributed by atoms with Crippen LogP contribution in [0.5, 0.6) is 5.75 Å². The standard InChI is InChI=1S/C17H24O4.C10H16N/c1-2-3-4-5-6-7-8-9-15(18)13-10-11-16(19)14(12-13)17(20)21;1-11(2,3)9-10-7-5-4-6-8-10/h10-12,19H,2-9H2,1H3,(H,20,21);4-8H,9H2,1-3H3/q;+1/p-1. The van der Waals surface area contributed by atoms with E-state index in [1.165, 1.54) is 49.4 Å². The lowest BCUT2D eigenvalue weighted by molar-refractivity contribution is -0.884. The summed E-state index contributed by atoms with van der Waals surface area (Å²) in [5.74, 6) is -1.94. The van der Waals surface area contributed by atoms with E-state index in [0.717, 1.165) is 30.3 Å². The Morgan fingerprint density at radius 2 is 1.47 bits per heavy atom. The summed E-state index contributed by atoms with van der Waals surface area (Å²) in [6.07, 6.45) is 8.30. The Morgan fingerprint density at radius 3 is 2.03 bits per heavy atom. The van der Waals surface area contributed by atoms with Gasteiger partial charge in [-0.25, -0.2) is 0 Å². The highest BCUT2D eigenvalue weighted by Crippen LogP contribution is 2.19. The normalized spacial score (nSPS) is 10.9. The van der Waals surface area contributed by atoms with Gasteiger partial charge in [0.25, 0.3) is 0 Å². The molecule has 0 saturated carbocycles. The summed E-state index contributed by atoms with van der Waals surface area (Å²) in [6, 6.07) is 14.4. The van der Waals surface area contributed by atoms with E-state index in [1.807, 2.05) is 0 Å². The van der Waals surface area contributed by atoms with E-state index in [2.05, 4.69) is 58.4 Å². The van der Waals surface area contributed by atoms with Crippen molar-refractivity contribution in [1.82, 2.24) is 0 Å². The van der Waals surface area contributed by atoms with Gasteiger partial charge < -0.3 is 19.5 Å². The van der Waals surface area contributed by atoms with Crippen LogP contribution in [0.2, 0.25) is 0 Å². The average molecular weight is 442 g/mol. The van der Waals surface area contributed by atoms with E-state index in [9.17, 15) is 19.8 Å². The fourth-order valence-corrected chi connectivity index (χ4v) is 3.39. The molecule has 1 N–H and O–H groups in total. The Hall–Kier alpha value is -2.66. The quantitative estimate of drug-likeness (QED) is 0.286. The lowest BCUT2D eigenvalue weighted by atomic mass is 10.0. The van der Waals surface area contributed by atoms with Crippen molar-refractivity contribution < 1.29 is 24.3 Å². The van der Waals surface area contributed by atoms with Crippen molar-refractivity contribution in [2.45, 2.75) is 64.8 Å². The van der Waals surface area contributed by atoms with E-state index in [-0.39, 0.29) is 17.1 Å². The first kappa shape index (κ1) is 27.4. The van der Waals surface area contributed by atoms with Crippen molar-refractivity contribution in [3.63, 3.8) is 0 Å². The number of hydrogen-bond donors (Lipinski definition) is 1. The molecule has 2 rings (SSSR count). The Bertz CT molecular complexity index is 825. The van der Waals surface area contributed by atoms with Crippen LogP contribution in [0.25, 0.3) is 0 Å². The van der Waals surface area contributed by atoms with Crippen molar-refractivity contribution in [1.29, 1.82) is 0 Å². The topological polar surface area (TPSA) is 77.4 Å². The van der Waals surface area contributed by atoms with Crippen LogP contribution in [0.15, 0.2) is 48.5 Å². The number of aromatic carboxylic acids is 1. The molecule has 0 heterocycles. The van der Waals surface area contributed by atoms with Crippen molar-refractivity contribution in [2.24, 2.45) is 0 Å². The average Bonchev–Trinajstić information content (AvgIpc) is 2.73. The molecule has 0 aromatic heterocycles. The van der Waals surface area contributed by atoms with E-state index < -0.39 is 5.97 Å². The predicted molar refractivity (Wildman–Crippen MR) is 128 cm³/mol. The Kier molecular flexibility index (Phi) is 12.3. The number of hydrogen-bond acceptors (Lipinski definition) is 4. The third kappa shape index (κ3) is 11.7. The van der Waals surface area contributed by atoms with Gasteiger partial charge in [0, 0.05) is 23.1 Å². The summed E-state index contributed by atoms with van der Waals surface area (Å²) < 4.78 is 0.990. The number of nitrogens with zero attached hydrogens (tertiary/aromatic N) is 1. The van der Waals surface area contributed by atoms with Crippen LogP contribution >= 0.6 is 0 Å². The third-order valence-electron chi connectivity index (χ3n) is 5.05. The molecule has 0 spiro atoms. The Labute approximate surface area is 193 Å². The number of quaternary nitrogens is 1. The largest absolute Gasteiger partial charge is 0.545 e. The molecule has 0 aliphatic carbocycles. The van der Waals surface area contributed by atoms with Gasteiger partial charge in [-0.05, 0) is 24.6 Å². The molecule has 5 nitrogen and oxygen atoms in total. The maximum atomic E-state index is 12.0. The lowest BCUT2D eigenvalue weighted by Gasteiger charge is -2.23.